The van der Waals surface area contributed by atoms with Gasteiger partial charge in [-0.05, 0) is 44.2 Å². The highest BCUT2D eigenvalue weighted by molar-refractivity contribution is 6.31. The smallest absolute Gasteiger partial charge is 0.330 e. The van der Waals surface area contributed by atoms with Crippen molar-refractivity contribution < 1.29 is 13.9 Å². The number of esters is 1. The van der Waals surface area contributed by atoms with Gasteiger partial charge in [0.25, 0.3) is 0 Å². The summed E-state index contributed by atoms with van der Waals surface area (Å²) in [6.45, 7) is 3.82. The van der Waals surface area contributed by atoms with E-state index in [0.717, 1.165) is 0 Å². The van der Waals surface area contributed by atoms with Crippen LogP contribution in [-0.4, -0.2) is 22.4 Å². The number of halogens is 2. The quantitative estimate of drug-likeness (QED) is 0.641. The number of benzene rings is 1. The first kappa shape index (κ1) is 15.3. The molecule has 110 valence electrons. The average molecular weight is 309 g/mol. The molecule has 0 saturated carbocycles. The first-order valence-electron chi connectivity index (χ1n) is 6.38. The number of rotatable bonds is 4. The minimum absolute atomic E-state index is 0.310. The summed E-state index contributed by atoms with van der Waals surface area (Å²) in [5, 5.41) is 4.64. The molecule has 0 amide bonds. The van der Waals surface area contributed by atoms with E-state index in [4.69, 9.17) is 16.3 Å². The lowest BCUT2D eigenvalue weighted by molar-refractivity contribution is -0.137. The van der Waals surface area contributed by atoms with E-state index in [1.165, 1.54) is 22.9 Å². The van der Waals surface area contributed by atoms with E-state index in [1.807, 2.05) is 0 Å². The fraction of sp³-hybridized carbons (Fsp3) is 0.200. The number of carbonyl (C=O) groups is 1. The van der Waals surface area contributed by atoms with Crippen molar-refractivity contribution in [3.8, 4) is 5.69 Å². The Hall–Kier alpha value is -2.14. The molecule has 0 bridgehead atoms. The predicted octanol–water partition coefficient (Wildman–Crippen LogP) is 3.55. The molecule has 0 unspecified atom stereocenters. The van der Waals surface area contributed by atoms with Crippen molar-refractivity contribution in [1.29, 1.82) is 0 Å². The van der Waals surface area contributed by atoms with E-state index in [-0.39, 0.29) is 5.82 Å². The molecule has 4 nitrogen and oxygen atoms in total. The van der Waals surface area contributed by atoms with Gasteiger partial charge in [0.15, 0.2) is 0 Å². The molecule has 1 heterocycles. The Morgan fingerprint density at radius 1 is 1.43 bits per heavy atom. The maximum absolute atomic E-state index is 12.9. The third-order valence-corrected chi connectivity index (χ3v) is 3.16. The van der Waals surface area contributed by atoms with Crippen LogP contribution in [0, 0.1) is 12.7 Å². The number of ether oxygens (including phenoxy) is 1. The third kappa shape index (κ3) is 3.49. The molecule has 6 heteroatoms. The summed E-state index contributed by atoms with van der Waals surface area (Å²) in [6, 6.07) is 5.81. The maximum Gasteiger partial charge on any atom is 0.330 e. The number of nitrogens with zero attached hydrogens (tertiary/aromatic N) is 2. The molecule has 21 heavy (non-hydrogen) atoms. The number of aromatic nitrogens is 2. The monoisotopic (exact) mass is 308 g/mol. The van der Waals surface area contributed by atoms with E-state index in [9.17, 15) is 9.18 Å². The minimum Gasteiger partial charge on any atom is -0.463 e. The zero-order valence-electron chi connectivity index (χ0n) is 11.6. The fourth-order valence-corrected chi connectivity index (χ4v) is 2.13. The average Bonchev–Trinajstić information content (AvgIpc) is 2.73. The third-order valence-electron chi connectivity index (χ3n) is 2.79. The van der Waals surface area contributed by atoms with Crippen LogP contribution in [-0.2, 0) is 9.53 Å². The first-order chi connectivity index (χ1) is 10.0. The molecule has 0 N–H and O–H groups in total. The van der Waals surface area contributed by atoms with Gasteiger partial charge < -0.3 is 4.74 Å². The summed E-state index contributed by atoms with van der Waals surface area (Å²) in [5.74, 6) is -0.774. The van der Waals surface area contributed by atoms with Crippen molar-refractivity contribution in [2.24, 2.45) is 0 Å². The van der Waals surface area contributed by atoms with Crippen molar-refractivity contribution in [3.63, 3.8) is 0 Å². The van der Waals surface area contributed by atoms with Crippen LogP contribution in [0.5, 0.6) is 0 Å². The molecule has 0 spiro atoms. The molecule has 1 aromatic carbocycles. The molecule has 2 aromatic rings. The van der Waals surface area contributed by atoms with Crippen molar-refractivity contribution in [1.82, 2.24) is 9.78 Å². The topological polar surface area (TPSA) is 44.1 Å². The van der Waals surface area contributed by atoms with E-state index in [1.54, 1.807) is 32.1 Å². The second-order valence-corrected chi connectivity index (χ2v) is 4.62. The van der Waals surface area contributed by atoms with Crippen molar-refractivity contribution in [2.75, 3.05) is 6.61 Å². The van der Waals surface area contributed by atoms with Crippen LogP contribution < -0.4 is 0 Å². The highest BCUT2D eigenvalue weighted by Crippen LogP contribution is 2.24. The summed E-state index contributed by atoms with van der Waals surface area (Å²) >= 11 is 6.27. The van der Waals surface area contributed by atoms with Crippen LogP contribution >= 0.6 is 11.6 Å². The van der Waals surface area contributed by atoms with Crippen LogP contribution in [0.1, 0.15) is 18.2 Å². The summed E-state index contributed by atoms with van der Waals surface area (Å²) in [4.78, 5) is 11.3. The van der Waals surface area contributed by atoms with Gasteiger partial charge >= 0.3 is 5.97 Å². The van der Waals surface area contributed by atoms with Crippen LogP contribution in [0.25, 0.3) is 11.8 Å². The Labute approximate surface area is 126 Å². The van der Waals surface area contributed by atoms with Gasteiger partial charge in [-0.25, -0.2) is 13.9 Å². The number of hydrogen-bond acceptors (Lipinski definition) is 3. The molecule has 0 fully saturated rings. The van der Waals surface area contributed by atoms with Gasteiger partial charge in [-0.2, -0.15) is 5.10 Å². The number of hydrogen-bond donors (Lipinski definition) is 0. The summed E-state index contributed by atoms with van der Waals surface area (Å²) in [7, 11) is 0. The van der Waals surface area contributed by atoms with Crippen molar-refractivity contribution >= 4 is 23.6 Å². The Balaban J connectivity index is 2.33. The lowest BCUT2D eigenvalue weighted by Gasteiger charge is -2.02. The predicted molar refractivity (Wildman–Crippen MR) is 78.9 cm³/mol. The molecule has 0 aliphatic heterocycles. The molecule has 0 radical (unpaired) electrons. The van der Waals surface area contributed by atoms with Crippen molar-refractivity contribution in [2.45, 2.75) is 13.8 Å². The van der Waals surface area contributed by atoms with E-state index < -0.39 is 5.97 Å². The highest BCUT2D eigenvalue weighted by Gasteiger charge is 2.13. The second kappa shape index (κ2) is 6.54. The van der Waals surface area contributed by atoms with Crippen LogP contribution in [0.2, 0.25) is 5.15 Å². The minimum atomic E-state index is -0.442. The normalized spacial score (nSPS) is 11.0. The Kier molecular flexibility index (Phi) is 4.75. The van der Waals surface area contributed by atoms with Gasteiger partial charge in [0.05, 0.1) is 18.0 Å². The zero-order chi connectivity index (χ0) is 15.4. The molecule has 0 atom stereocenters. The van der Waals surface area contributed by atoms with Crippen LogP contribution in [0.15, 0.2) is 30.3 Å². The maximum atomic E-state index is 12.9. The van der Waals surface area contributed by atoms with E-state index >= 15 is 0 Å². The number of carbonyl (C=O) groups excluding carboxylic acids is 1. The summed E-state index contributed by atoms with van der Waals surface area (Å²) in [6.07, 6.45) is 2.86. The van der Waals surface area contributed by atoms with Crippen molar-refractivity contribution in [3.05, 3.63) is 52.6 Å². The molecule has 0 saturated heterocycles. The molecule has 0 aliphatic carbocycles. The lowest BCUT2D eigenvalue weighted by atomic mass is 10.2. The largest absolute Gasteiger partial charge is 0.463 e. The first-order valence-corrected chi connectivity index (χ1v) is 6.76. The van der Waals surface area contributed by atoms with Gasteiger partial charge in [-0.3, -0.25) is 0 Å². The highest BCUT2D eigenvalue weighted by atomic mass is 35.5. The Morgan fingerprint density at radius 3 is 2.71 bits per heavy atom. The second-order valence-electron chi connectivity index (χ2n) is 4.26. The standard InChI is InChI=1S/C15H14ClFN2O2/c1-3-21-14(20)9-8-13-10(2)18-19(15(13)16)12-6-4-11(17)5-7-12/h4-9H,3H2,1-2H3/b9-8+. The van der Waals surface area contributed by atoms with E-state index in [0.29, 0.717) is 28.7 Å². The lowest BCUT2D eigenvalue weighted by Crippen LogP contribution is -1.98. The Morgan fingerprint density at radius 2 is 2.10 bits per heavy atom. The SMILES string of the molecule is CCOC(=O)/C=C/c1c(C)nn(-c2ccc(F)cc2)c1Cl. The summed E-state index contributed by atoms with van der Waals surface area (Å²) < 4.78 is 19.2. The van der Waals surface area contributed by atoms with Gasteiger partial charge in [-0.15, -0.1) is 0 Å². The number of aryl methyl sites for hydroxylation is 1. The van der Waals surface area contributed by atoms with Crippen LogP contribution in [0.4, 0.5) is 4.39 Å². The van der Waals surface area contributed by atoms with Gasteiger partial charge in [0.1, 0.15) is 11.0 Å². The Bertz CT molecular complexity index is 678. The van der Waals surface area contributed by atoms with Gasteiger partial charge in [0, 0.05) is 11.6 Å². The van der Waals surface area contributed by atoms with Crippen LogP contribution in [0.3, 0.4) is 0 Å². The van der Waals surface area contributed by atoms with E-state index in [2.05, 4.69) is 5.10 Å². The molecular weight excluding hydrogens is 295 g/mol. The molecule has 2 rings (SSSR count). The zero-order valence-corrected chi connectivity index (χ0v) is 12.4. The molecular formula is C15H14ClFN2O2. The fourth-order valence-electron chi connectivity index (χ4n) is 1.80. The molecule has 1 aromatic heterocycles. The summed E-state index contributed by atoms with van der Waals surface area (Å²) in [5.41, 5.74) is 1.92. The molecule has 0 aliphatic rings. The van der Waals surface area contributed by atoms with Gasteiger partial charge in [0.2, 0.25) is 0 Å². The van der Waals surface area contributed by atoms with Gasteiger partial charge in [-0.1, -0.05) is 11.6 Å².